The fraction of sp³-hybridized carbons (Fsp3) is 0.300. The summed E-state index contributed by atoms with van der Waals surface area (Å²) in [5, 5.41) is 15.0. The van der Waals surface area contributed by atoms with E-state index in [1.54, 1.807) is 24.3 Å². The van der Waals surface area contributed by atoms with E-state index in [1.165, 1.54) is 0 Å². The van der Waals surface area contributed by atoms with E-state index >= 15 is 0 Å². The highest BCUT2D eigenvalue weighted by atomic mass is 16.6. The fourth-order valence-corrected chi connectivity index (χ4v) is 2.31. The lowest BCUT2D eigenvalue weighted by molar-refractivity contribution is 0.0528. The van der Waals surface area contributed by atoms with Gasteiger partial charge in [-0.3, -0.25) is 0 Å². The molecular weight excluding hydrogens is 332 g/mol. The van der Waals surface area contributed by atoms with Gasteiger partial charge >= 0.3 is 12.1 Å². The average molecular weight is 356 g/mol. The molecule has 1 amide bonds. The number of carboxylic acids is 1. The van der Waals surface area contributed by atoms with Crippen molar-refractivity contribution in [1.29, 1.82) is 0 Å². The maximum atomic E-state index is 11.6. The van der Waals surface area contributed by atoms with Crippen molar-refractivity contribution in [2.24, 2.45) is 0 Å². The van der Waals surface area contributed by atoms with Gasteiger partial charge in [0.25, 0.3) is 0 Å². The summed E-state index contributed by atoms with van der Waals surface area (Å²) in [7, 11) is 0. The van der Waals surface area contributed by atoms with E-state index in [-0.39, 0.29) is 5.56 Å². The van der Waals surface area contributed by atoms with Crippen LogP contribution in [0.5, 0.6) is 0 Å². The third-order valence-corrected chi connectivity index (χ3v) is 3.47. The number of aromatic carboxylic acids is 1. The summed E-state index contributed by atoms with van der Waals surface area (Å²) < 4.78 is 5.18. The first kappa shape index (κ1) is 19.3. The van der Waals surface area contributed by atoms with Crippen LogP contribution in [0, 0.1) is 0 Å². The number of hydrogen-bond acceptors (Lipinski definition) is 4. The van der Waals surface area contributed by atoms with Crippen molar-refractivity contribution < 1.29 is 19.4 Å². The lowest BCUT2D eigenvalue weighted by Gasteiger charge is -2.19. The summed E-state index contributed by atoms with van der Waals surface area (Å²) in [6, 6.07) is 14.4. The van der Waals surface area contributed by atoms with Crippen LogP contribution < -0.4 is 10.6 Å². The Kier molecular flexibility index (Phi) is 6.22. The summed E-state index contributed by atoms with van der Waals surface area (Å²) in [5.41, 5.74) is 2.10. The fourth-order valence-electron chi connectivity index (χ4n) is 2.31. The van der Waals surface area contributed by atoms with Gasteiger partial charge < -0.3 is 20.5 Å². The number of carbonyl (C=O) groups excluding carboxylic acids is 1. The number of benzene rings is 2. The molecule has 0 aliphatic carbocycles. The van der Waals surface area contributed by atoms with Crippen molar-refractivity contribution in [2.75, 3.05) is 11.9 Å². The zero-order valence-electron chi connectivity index (χ0n) is 15.2. The monoisotopic (exact) mass is 356 g/mol. The summed E-state index contributed by atoms with van der Waals surface area (Å²) >= 11 is 0. The normalized spacial score (nSPS) is 10.9. The van der Waals surface area contributed by atoms with Gasteiger partial charge in [0, 0.05) is 12.2 Å². The van der Waals surface area contributed by atoms with Crippen LogP contribution in [0.1, 0.15) is 36.7 Å². The third-order valence-electron chi connectivity index (χ3n) is 3.47. The first-order valence-corrected chi connectivity index (χ1v) is 8.40. The molecule has 0 saturated heterocycles. The molecule has 6 heteroatoms. The Balaban J connectivity index is 1.89. The van der Waals surface area contributed by atoms with Crippen LogP contribution >= 0.6 is 0 Å². The van der Waals surface area contributed by atoms with Gasteiger partial charge in [-0.2, -0.15) is 0 Å². The molecule has 0 spiro atoms. The lowest BCUT2D eigenvalue weighted by atomic mass is 10.1. The van der Waals surface area contributed by atoms with Gasteiger partial charge in [0.2, 0.25) is 0 Å². The van der Waals surface area contributed by atoms with Crippen LogP contribution in [0.3, 0.4) is 0 Å². The first-order valence-electron chi connectivity index (χ1n) is 8.40. The Bertz CT molecular complexity index is 764. The molecule has 0 atom stereocenters. The minimum absolute atomic E-state index is 0.220. The number of carboxylic acid groups (broad SMARTS) is 1. The maximum absolute atomic E-state index is 11.6. The van der Waals surface area contributed by atoms with Crippen LogP contribution in [-0.2, 0) is 11.2 Å². The average Bonchev–Trinajstić information content (AvgIpc) is 2.55. The zero-order valence-corrected chi connectivity index (χ0v) is 15.2. The van der Waals surface area contributed by atoms with Gasteiger partial charge in [-0.25, -0.2) is 9.59 Å². The molecule has 0 heterocycles. The molecule has 0 aliphatic heterocycles. The van der Waals surface area contributed by atoms with E-state index in [9.17, 15) is 14.7 Å². The second-order valence-electron chi connectivity index (χ2n) is 6.85. The van der Waals surface area contributed by atoms with Crippen molar-refractivity contribution in [2.45, 2.75) is 32.8 Å². The molecule has 2 rings (SSSR count). The van der Waals surface area contributed by atoms with Gasteiger partial charge in [-0.15, -0.1) is 0 Å². The molecule has 0 radical (unpaired) electrons. The smallest absolute Gasteiger partial charge is 0.407 e. The highest BCUT2D eigenvalue weighted by Gasteiger charge is 2.15. The topological polar surface area (TPSA) is 87.7 Å². The molecule has 138 valence electrons. The lowest BCUT2D eigenvalue weighted by Crippen LogP contribution is -2.33. The molecule has 0 saturated carbocycles. The number of para-hydroxylation sites is 1. The molecular formula is C20H24N2O4. The van der Waals surface area contributed by atoms with E-state index in [0.717, 1.165) is 11.3 Å². The second-order valence-corrected chi connectivity index (χ2v) is 6.85. The van der Waals surface area contributed by atoms with Crippen molar-refractivity contribution in [1.82, 2.24) is 5.32 Å². The molecule has 0 aromatic heterocycles. The highest BCUT2D eigenvalue weighted by Crippen LogP contribution is 2.21. The minimum Gasteiger partial charge on any atom is -0.478 e. The van der Waals surface area contributed by atoms with Gasteiger partial charge in [-0.1, -0.05) is 24.3 Å². The number of carbonyl (C=O) groups is 2. The van der Waals surface area contributed by atoms with Crippen molar-refractivity contribution in [3.63, 3.8) is 0 Å². The number of nitrogens with one attached hydrogen (secondary N) is 2. The van der Waals surface area contributed by atoms with Gasteiger partial charge in [-0.05, 0) is 57.0 Å². The Hall–Kier alpha value is -3.02. The van der Waals surface area contributed by atoms with E-state index in [0.29, 0.717) is 18.7 Å². The number of anilines is 2. The Morgan fingerprint density at radius 3 is 2.31 bits per heavy atom. The number of hydrogen-bond donors (Lipinski definition) is 3. The number of amides is 1. The highest BCUT2D eigenvalue weighted by molar-refractivity contribution is 5.95. The quantitative estimate of drug-likeness (QED) is 0.722. The molecule has 3 N–H and O–H groups in total. The van der Waals surface area contributed by atoms with E-state index in [1.807, 2.05) is 45.0 Å². The van der Waals surface area contributed by atoms with Crippen molar-refractivity contribution >= 4 is 23.4 Å². The molecule has 6 nitrogen and oxygen atoms in total. The molecule has 2 aromatic rings. The molecule has 0 unspecified atom stereocenters. The minimum atomic E-state index is -0.974. The van der Waals surface area contributed by atoms with Crippen LogP contribution in [0.25, 0.3) is 0 Å². The summed E-state index contributed by atoms with van der Waals surface area (Å²) in [4.78, 5) is 22.8. The molecule has 2 aromatic carbocycles. The maximum Gasteiger partial charge on any atom is 0.407 e. The van der Waals surface area contributed by atoms with Crippen LogP contribution in [-0.4, -0.2) is 29.3 Å². The Morgan fingerprint density at radius 1 is 1.04 bits per heavy atom. The summed E-state index contributed by atoms with van der Waals surface area (Å²) in [6.07, 6.45) is 0.242. The van der Waals surface area contributed by atoms with Gasteiger partial charge in [0.1, 0.15) is 5.60 Å². The van der Waals surface area contributed by atoms with Crippen molar-refractivity contribution in [3.05, 3.63) is 59.7 Å². The van der Waals surface area contributed by atoms with E-state index in [4.69, 9.17) is 4.74 Å². The van der Waals surface area contributed by atoms with E-state index < -0.39 is 17.7 Å². The molecule has 26 heavy (non-hydrogen) atoms. The number of rotatable bonds is 6. The molecule has 0 aliphatic rings. The predicted octanol–water partition coefficient (Wildman–Crippen LogP) is 4.20. The second kappa shape index (κ2) is 8.38. The predicted molar refractivity (Wildman–Crippen MR) is 101 cm³/mol. The van der Waals surface area contributed by atoms with E-state index in [2.05, 4.69) is 10.6 Å². The van der Waals surface area contributed by atoms with Crippen molar-refractivity contribution in [3.8, 4) is 0 Å². The summed E-state index contributed by atoms with van der Waals surface area (Å²) in [6.45, 7) is 5.94. The zero-order chi connectivity index (χ0) is 19.2. The molecule has 0 bridgehead atoms. The number of ether oxygens (including phenoxy) is 1. The third kappa shape index (κ3) is 6.12. The van der Waals surface area contributed by atoms with Gasteiger partial charge in [0.05, 0.1) is 11.3 Å². The molecule has 0 fully saturated rings. The Morgan fingerprint density at radius 2 is 1.69 bits per heavy atom. The largest absolute Gasteiger partial charge is 0.478 e. The number of alkyl carbamates (subject to hydrolysis) is 1. The van der Waals surface area contributed by atoms with Crippen LogP contribution in [0.4, 0.5) is 16.2 Å². The first-order chi connectivity index (χ1) is 12.2. The van der Waals surface area contributed by atoms with Crippen LogP contribution in [0.15, 0.2) is 48.5 Å². The van der Waals surface area contributed by atoms with Gasteiger partial charge in [0.15, 0.2) is 0 Å². The summed E-state index contributed by atoms with van der Waals surface area (Å²) in [5.74, 6) is -0.974. The Labute approximate surface area is 153 Å². The SMILES string of the molecule is CC(C)(C)OC(=O)NCCc1ccc(Nc2ccccc2C(=O)O)cc1. The van der Waals surface area contributed by atoms with Crippen LogP contribution in [0.2, 0.25) is 0 Å². The standard InChI is InChI=1S/C20H24N2O4/c1-20(2,3)26-19(25)21-13-12-14-8-10-15(11-9-14)22-17-7-5-4-6-16(17)18(23)24/h4-11,22H,12-13H2,1-3H3,(H,21,25)(H,23,24).